The van der Waals surface area contributed by atoms with E-state index >= 15 is 0 Å². The Hall–Kier alpha value is -1.10. The van der Waals surface area contributed by atoms with Crippen LogP contribution in [0, 0.1) is 5.82 Å². The minimum absolute atomic E-state index is 0.143. The Morgan fingerprint density at radius 3 is 2.77 bits per heavy atom. The molecule has 0 saturated heterocycles. The van der Waals surface area contributed by atoms with Gasteiger partial charge in [-0.1, -0.05) is 0 Å². The van der Waals surface area contributed by atoms with Gasteiger partial charge in [0.05, 0.1) is 17.1 Å². The van der Waals surface area contributed by atoms with E-state index < -0.39 is 11.8 Å². The van der Waals surface area contributed by atoms with E-state index in [0.29, 0.717) is 0 Å². The second kappa shape index (κ2) is 3.74. The van der Waals surface area contributed by atoms with Crippen LogP contribution in [0.3, 0.4) is 0 Å². The van der Waals surface area contributed by atoms with Gasteiger partial charge >= 0.3 is 5.97 Å². The molecule has 1 N–H and O–H groups in total. The van der Waals surface area contributed by atoms with Gasteiger partial charge < -0.3 is 9.84 Å². The van der Waals surface area contributed by atoms with E-state index in [2.05, 4.69) is 20.7 Å². The van der Waals surface area contributed by atoms with Gasteiger partial charge in [-0.05, 0) is 28.1 Å². The number of carbonyl (C=O) groups excluding carboxylic acids is 1. The predicted molar refractivity (Wildman–Crippen MR) is 47.1 cm³/mol. The summed E-state index contributed by atoms with van der Waals surface area (Å²) >= 11 is 2.79. The Kier molecular flexibility index (Phi) is 2.87. The molecule has 0 aromatic heterocycles. The van der Waals surface area contributed by atoms with Crippen molar-refractivity contribution < 1.29 is 19.0 Å². The van der Waals surface area contributed by atoms with Crippen molar-refractivity contribution in [2.24, 2.45) is 0 Å². The lowest BCUT2D eigenvalue weighted by molar-refractivity contribution is 0.0595. The molecule has 0 saturated carbocycles. The van der Waals surface area contributed by atoms with Gasteiger partial charge in [0.1, 0.15) is 5.75 Å². The number of benzene rings is 1. The average Bonchev–Trinajstić information content (AvgIpc) is 2.13. The van der Waals surface area contributed by atoms with Crippen molar-refractivity contribution in [3.63, 3.8) is 0 Å². The highest BCUT2D eigenvalue weighted by Crippen LogP contribution is 2.28. The van der Waals surface area contributed by atoms with Crippen LogP contribution in [0.25, 0.3) is 0 Å². The number of esters is 1. The summed E-state index contributed by atoms with van der Waals surface area (Å²) in [5, 5.41) is 9.04. The van der Waals surface area contributed by atoms with Crippen LogP contribution in [0.5, 0.6) is 5.75 Å². The van der Waals surface area contributed by atoms with Crippen LogP contribution < -0.4 is 0 Å². The third-order valence-electron chi connectivity index (χ3n) is 1.47. The highest BCUT2D eigenvalue weighted by Gasteiger charge is 2.16. The van der Waals surface area contributed by atoms with Gasteiger partial charge in [-0.3, -0.25) is 0 Å². The molecule has 0 unspecified atom stereocenters. The Balaban J connectivity index is 3.26. The molecule has 0 heterocycles. The van der Waals surface area contributed by atoms with Crippen LogP contribution in [0.15, 0.2) is 16.6 Å². The van der Waals surface area contributed by atoms with Gasteiger partial charge in [0, 0.05) is 0 Å². The molecule has 13 heavy (non-hydrogen) atoms. The predicted octanol–water partition coefficient (Wildman–Crippen LogP) is 2.08. The van der Waals surface area contributed by atoms with E-state index in [9.17, 15) is 9.18 Å². The molecule has 0 atom stereocenters. The number of aromatic hydroxyl groups is 1. The second-order valence-electron chi connectivity index (χ2n) is 2.25. The molecule has 0 aliphatic carbocycles. The van der Waals surface area contributed by atoms with E-state index in [1.54, 1.807) is 0 Å². The van der Waals surface area contributed by atoms with Crippen molar-refractivity contribution in [1.29, 1.82) is 0 Å². The van der Waals surface area contributed by atoms with Crippen LogP contribution in [-0.4, -0.2) is 18.2 Å². The quantitative estimate of drug-likeness (QED) is 0.775. The van der Waals surface area contributed by atoms with E-state index in [1.807, 2.05) is 0 Å². The second-order valence-corrected chi connectivity index (χ2v) is 3.04. The first-order valence-corrected chi connectivity index (χ1v) is 4.12. The van der Waals surface area contributed by atoms with Crippen LogP contribution in [-0.2, 0) is 4.74 Å². The molecule has 0 spiro atoms. The van der Waals surface area contributed by atoms with Crippen LogP contribution in [0.2, 0.25) is 0 Å². The zero-order valence-electron chi connectivity index (χ0n) is 6.67. The SMILES string of the molecule is COC(=O)c1ccc(O)c(Br)c1F. The number of phenolic OH excluding ortho intramolecular Hbond substituents is 1. The van der Waals surface area contributed by atoms with Crippen molar-refractivity contribution in [2.75, 3.05) is 7.11 Å². The largest absolute Gasteiger partial charge is 0.507 e. The fourth-order valence-corrected chi connectivity index (χ4v) is 1.15. The molecule has 1 aromatic rings. The third-order valence-corrected chi connectivity index (χ3v) is 2.22. The first kappa shape index (κ1) is 9.98. The number of hydrogen-bond acceptors (Lipinski definition) is 3. The maximum absolute atomic E-state index is 13.2. The summed E-state index contributed by atoms with van der Waals surface area (Å²) in [5.41, 5.74) is -0.216. The molecule has 3 nitrogen and oxygen atoms in total. The van der Waals surface area contributed by atoms with Crippen molar-refractivity contribution in [3.05, 3.63) is 28.0 Å². The Morgan fingerprint density at radius 2 is 2.23 bits per heavy atom. The van der Waals surface area contributed by atoms with E-state index in [-0.39, 0.29) is 15.8 Å². The Bertz CT molecular complexity index is 351. The van der Waals surface area contributed by atoms with Crippen molar-refractivity contribution in [1.82, 2.24) is 0 Å². The molecule has 70 valence electrons. The molecule has 1 rings (SSSR count). The van der Waals surface area contributed by atoms with Crippen molar-refractivity contribution in [2.45, 2.75) is 0 Å². The first-order chi connectivity index (χ1) is 6.07. The molecular formula is C8H6BrFO3. The maximum atomic E-state index is 13.2. The molecule has 5 heteroatoms. The molecule has 0 radical (unpaired) electrons. The topological polar surface area (TPSA) is 46.5 Å². The van der Waals surface area contributed by atoms with Gasteiger partial charge in [-0.2, -0.15) is 0 Å². The van der Waals surface area contributed by atoms with E-state index in [0.717, 1.165) is 13.2 Å². The standard InChI is InChI=1S/C8H6BrFO3/c1-13-8(12)4-2-3-5(11)6(9)7(4)10/h2-3,11H,1H3. The monoisotopic (exact) mass is 248 g/mol. The lowest BCUT2D eigenvalue weighted by atomic mass is 10.2. The third kappa shape index (κ3) is 1.80. The highest BCUT2D eigenvalue weighted by atomic mass is 79.9. The van der Waals surface area contributed by atoms with E-state index in [4.69, 9.17) is 5.11 Å². The fraction of sp³-hybridized carbons (Fsp3) is 0.125. The molecule has 0 aliphatic heterocycles. The average molecular weight is 249 g/mol. The molecule has 0 fully saturated rings. The summed E-state index contributed by atoms with van der Waals surface area (Å²) in [6.07, 6.45) is 0. The van der Waals surface area contributed by atoms with Crippen LogP contribution in [0.4, 0.5) is 4.39 Å². The first-order valence-electron chi connectivity index (χ1n) is 3.33. The smallest absolute Gasteiger partial charge is 0.340 e. The summed E-state index contributed by atoms with van der Waals surface area (Å²) in [6, 6.07) is 2.36. The van der Waals surface area contributed by atoms with E-state index in [1.165, 1.54) is 6.07 Å². The molecule has 1 aromatic carbocycles. The van der Waals surface area contributed by atoms with Gasteiger partial charge in [0.2, 0.25) is 0 Å². The number of phenols is 1. The summed E-state index contributed by atoms with van der Waals surface area (Å²) < 4.78 is 17.4. The summed E-state index contributed by atoms with van der Waals surface area (Å²) in [4.78, 5) is 10.9. The lowest BCUT2D eigenvalue weighted by Crippen LogP contribution is -2.04. The zero-order valence-corrected chi connectivity index (χ0v) is 8.26. The van der Waals surface area contributed by atoms with Crippen LogP contribution in [0.1, 0.15) is 10.4 Å². The number of halogens is 2. The summed E-state index contributed by atoms with van der Waals surface area (Å²) in [7, 11) is 1.16. The lowest BCUT2D eigenvalue weighted by Gasteiger charge is -2.03. The molecular weight excluding hydrogens is 243 g/mol. The minimum Gasteiger partial charge on any atom is -0.507 e. The van der Waals surface area contributed by atoms with Crippen LogP contribution >= 0.6 is 15.9 Å². The normalized spacial score (nSPS) is 9.77. The number of rotatable bonds is 1. The summed E-state index contributed by atoms with van der Waals surface area (Å²) in [6.45, 7) is 0. The fourth-order valence-electron chi connectivity index (χ4n) is 0.807. The summed E-state index contributed by atoms with van der Waals surface area (Å²) in [5.74, 6) is -1.87. The Morgan fingerprint density at radius 1 is 1.62 bits per heavy atom. The molecule has 0 bridgehead atoms. The highest BCUT2D eigenvalue weighted by molar-refractivity contribution is 9.10. The number of ether oxygens (including phenoxy) is 1. The zero-order chi connectivity index (χ0) is 10.0. The number of hydrogen-bond donors (Lipinski definition) is 1. The minimum atomic E-state index is -0.827. The maximum Gasteiger partial charge on any atom is 0.340 e. The van der Waals surface area contributed by atoms with Crippen molar-refractivity contribution >= 4 is 21.9 Å². The van der Waals surface area contributed by atoms with Crippen molar-refractivity contribution in [3.8, 4) is 5.75 Å². The van der Waals surface area contributed by atoms with Gasteiger partial charge in [0.25, 0.3) is 0 Å². The number of carbonyl (C=O) groups is 1. The van der Waals surface area contributed by atoms with Gasteiger partial charge in [-0.25, -0.2) is 9.18 Å². The number of methoxy groups -OCH3 is 1. The van der Waals surface area contributed by atoms with Gasteiger partial charge in [0.15, 0.2) is 5.82 Å². The molecule has 0 aliphatic rings. The van der Waals surface area contributed by atoms with Gasteiger partial charge in [-0.15, -0.1) is 0 Å². The Labute approximate surface area is 82.3 Å². The molecule has 0 amide bonds.